The maximum atomic E-state index is 6.21. The number of aromatic nitrogens is 3. The fraction of sp³-hybridized carbons (Fsp3) is 0.118. The number of nitrogens with two attached hydrogens (primary N) is 1. The van der Waals surface area contributed by atoms with Crippen LogP contribution < -0.4 is 25.8 Å². The molecule has 0 aliphatic carbocycles. The predicted molar refractivity (Wildman–Crippen MR) is 94.5 cm³/mol. The Morgan fingerprint density at radius 1 is 0.960 bits per heavy atom. The van der Waals surface area contributed by atoms with Crippen molar-refractivity contribution in [2.45, 2.75) is 6.92 Å². The molecule has 2 aromatic heterocycles. The minimum absolute atomic E-state index is 0.228. The maximum absolute atomic E-state index is 6.21. The minimum Gasteiger partial charge on any atom is -0.454 e. The number of nitrogens with zero attached hydrogens (tertiary/aromatic N) is 3. The van der Waals surface area contributed by atoms with Gasteiger partial charge in [0, 0.05) is 18.0 Å². The molecule has 1 aromatic carbocycles. The Kier molecular flexibility index (Phi) is 3.70. The zero-order valence-corrected chi connectivity index (χ0v) is 13.5. The van der Waals surface area contributed by atoms with Crippen LogP contribution in [0.2, 0.25) is 0 Å². The SMILES string of the molecule is Cc1cccnc1Nc1ncnc(Nc2ccc3c(c2)OCO3)c1N. The summed E-state index contributed by atoms with van der Waals surface area (Å²) in [5.74, 6) is 3.07. The molecule has 4 N–H and O–H groups in total. The van der Waals surface area contributed by atoms with E-state index in [9.17, 15) is 0 Å². The van der Waals surface area contributed by atoms with Crippen molar-refractivity contribution in [3.63, 3.8) is 0 Å². The Morgan fingerprint density at radius 2 is 1.76 bits per heavy atom. The van der Waals surface area contributed by atoms with Gasteiger partial charge in [-0.15, -0.1) is 0 Å². The summed E-state index contributed by atoms with van der Waals surface area (Å²) in [4.78, 5) is 12.7. The predicted octanol–water partition coefficient (Wildman–Crippen LogP) is 2.98. The second kappa shape index (κ2) is 6.16. The summed E-state index contributed by atoms with van der Waals surface area (Å²) in [5.41, 5.74) is 8.38. The second-order valence-electron chi connectivity index (χ2n) is 5.47. The number of ether oxygens (including phenoxy) is 2. The molecule has 8 nitrogen and oxygen atoms in total. The molecule has 8 heteroatoms. The molecule has 1 aliphatic heterocycles. The van der Waals surface area contributed by atoms with Crippen LogP contribution >= 0.6 is 0 Å². The maximum Gasteiger partial charge on any atom is 0.231 e. The third kappa shape index (κ3) is 2.97. The molecule has 4 rings (SSSR count). The van der Waals surface area contributed by atoms with Gasteiger partial charge in [-0.25, -0.2) is 15.0 Å². The van der Waals surface area contributed by atoms with Gasteiger partial charge >= 0.3 is 0 Å². The lowest BCUT2D eigenvalue weighted by Crippen LogP contribution is -2.06. The van der Waals surface area contributed by atoms with Crippen LogP contribution in [-0.2, 0) is 0 Å². The van der Waals surface area contributed by atoms with Gasteiger partial charge in [0.1, 0.15) is 17.8 Å². The van der Waals surface area contributed by atoms with Gasteiger partial charge in [-0.2, -0.15) is 0 Å². The standard InChI is InChI=1S/C17H16N6O2/c1-10-3-2-6-19-15(10)23-17-14(18)16(20-8-21-17)22-11-4-5-12-13(7-11)25-9-24-12/h2-8H,9,18H2,1H3,(H2,19,20,21,22,23). The summed E-state index contributed by atoms with van der Waals surface area (Å²) in [6.45, 7) is 2.18. The van der Waals surface area contributed by atoms with E-state index < -0.39 is 0 Å². The molecule has 0 bridgehead atoms. The first-order valence-corrected chi connectivity index (χ1v) is 7.66. The topological polar surface area (TPSA) is 107 Å². The quantitative estimate of drug-likeness (QED) is 0.667. The van der Waals surface area contributed by atoms with E-state index >= 15 is 0 Å². The number of anilines is 5. The summed E-state index contributed by atoms with van der Waals surface area (Å²) < 4.78 is 10.7. The molecule has 0 radical (unpaired) electrons. The van der Waals surface area contributed by atoms with Crippen molar-refractivity contribution in [2.75, 3.05) is 23.2 Å². The first kappa shape index (κ1) is 15.0. The van der Waals surface area contributed by atoms with Gasteiger partial charge in [-0.1, -0.05) is 6.07 Å². The Morgan fingerprint density at radius 3 is 2.60 bits per heavy atom. The van der Waals surface area contributed by atoms with Crippen LogP contribution in [-0.4, -0.2) is 21.7 Å². The number of nitrogen functional groups attached to an aromatic ring is 1. The van der Waals surface area contributed by atoms with Crippen molar-refractivity contribution in [1.82, 2.24) is 15.0 Å². The van der Waals surface area contributed by atoms with E-state index in [0.717, 1.165) is 11.3 Å². The zero-order chi connectivity index (χ0) is 17.2. The summed E-state index contributed by atoms with van der Waals surface area (Å²) in [7, 11) is 0. The van der Waals surface area contributed by atoms with Gasteiger partial charge in [0.15, 0.2) is 23.1 Å². The Balaban J connectivity index is 1.60. The highest BCUT2D eigenvalue weighted by Crippen LogP contribution is 2.36. The zero-order valence-electron chi connectivity index (χ0n) is 13.5. The number of benzene rings is 1. The lowest BCUT2D eigenvalue weighted by atomic mass is 10.2. The van der Waals surface area contributed by atoms with Crippen molar-refractivity contribution in [3.8, 4) is 11.5 Å². The van der Waals surface area contributed by atoms with Crippen LogP contribution in [0.25, 0.3) is 0 Å². The average molecular weight is 336 g/mol. The average Bonchev–Trinajstić information content (AvgIpc) is 3.08. The van der Waals surface area contributed by atoms with Crippen molar-refractivity contribution in [1.29, 1.82) is 0 Å². The highest BCUT2D eigenvalue weighted by Gasteiger charge is 2.15. The van der Waals surface area contributed by atoms with Crippen LogP contribution in [0, 0.1) is 6.92 Å². The number of hydrogen-bond acceptors (Lipinski definition) is 8. The molecule has 0 spiro atoms. The van der Waals surface area contributed by atoms with E-state index in [1.807, 2.05) is 37.3 Å². The molecule has 1 aliphatic rings. The van der Waals surface area contributed by atoms with Gasteiger partial charge in [-0.3, -0.25) is 0 Å². The fourth-order valence-corrected chi connectivity index (χ4v) is 2.43. The lowest BCUT2D eigenvalue weighted by Gasteiger charge is -2.13. The van der Waals surface area contributed by atoms with E-state index in [4.69, 9.17) is 15.2 Å². The highest BCUT2D eigenvalue weighted by molar-refractivity contribution is 5.80. The number of hydrogen-bond donors (Lipinski definition) is 3. The van der Waals surface area contributed by atoms with Crippen molar-refractivity contribution < 1.29 is 9.47 Å². The van der Waals surface area contributed by atoms with Gasteiger partial charge in [0.25, 0.3) is 0 Å². The molecule has 0 saturated heterocycles. The highest BCUT2D eigenvalue weighted by atomic mass is 16.7. The summed E-state index contributed by atoms with van der Waals surface area (Å²) >= 11 is 0. The number of pyridine rings is 1. The van der Waals surface area contributed by atoms with Gasteiger partial charge < -0.3 is 25.8 Å². The van der Waals surface area contributed by atoms with E-state index in [1.165, 1.54) is 6.33 Å². The first-order valence-electron chi connectivity index (χ1n) is 7.66. The van der Waals surface area contributed by atoms with Crippen molar-refractivity contribution in [2.24, 2.45) is 0 Å². The Hall–Kier alpha value is -3.55. The molecular formula is C17H16N6O2. The summed E-state index contributed by atoms with van der Waals surface area (Å²) in [6.07, 6.45) is 3.14. The van der Waals surface area contributed by atoms with Crippen LogP contribution in [0.15, 0.2) is 42.9 Å². The molecule has 0 unspecified atom stereocenters. The van der Waals surface area contributed by atoms with Crippen molar-refractivity contribution >= 4 is 28.8 Å². The van der Waals surface area contributed by atoms with Crippen LogP contribution in [0.3, 0.4) is 0 Å². The Bertz CT molecular complexity index is 931. The normalized spacial score (nSPS) is 12.0. The monoisotopic (exact) mass is 336 g/mol. The lowest BCUT2D eigenvalue weighted by molar-refractivity contribution is 0.174. The van der Waals surface area contributed by atoms with Crippen LogP contribution in [0.1, 0.15) is 5.56 Å². The van der Waals surface area contributed by atoms with Crippen molar-refractivity contribution in [3.05, 3.63) is 48.4 Å². The van der Waals surface area contributed by atoms with Crippen LogP contribution in [0.4, 0.5) is 28.8 Å². The van der Waals surface area contributed by atoms with Gasteiger partial charge in [0.2, 0.25) is 6.79 Å². The number of rotatable bonds is 4. The molecule has 0 saturated carbocycles. The second-order valence-corrected chi connectivity index (χ2v) is 5.47. The molecule has 3 heterocycles. The van der Waals surface area contributed by atoms with E-state index in [2.05, 4.69) is 25.6 Å². The molecule has 126 valence electrons. The summed E-state index contributed by atoms with van der Waals surface area (Å²) in [6, 6.07) is 9.36. The third-order valence-corrected chi connectivity index (χ3v) is 3.77. The molecule has 0 fully saturated rings. The number of aryl methyl sites for hydroxylation is 1. The molecule has 3 aromatic rings. The van der Waals surface area contributed by atoms with Crippen LogP contribution in [0.5, 0.6) is 11.5 Å². The Labute approximate surface area is 144 Å². The molecule has 0 atom stereocenters. The number of fused-ring (bicyclic) bond motifs is 1. The molecular weight excluding hydrogens is 320 g/mol. The largest absolute Gasteiger partial charge is 0.454 e. The number of nitrogens with one attached hydrogen (secondary N) is 2. The van der Waals surface area contributed by atoms with E-state index in [1.54, 1.807) is 6.20 Å². The fourth-order valence-electron chi connectivity index (χ4n) is 2.43. The summed E-state index contributed by atoms with van der Waals surface area (Å²) in [5, 5.41) is 6.31. The van der Waals surface area contributed by atoms with E-state index in [-0.39, 0.29) is 6.79 Å². The van der Waals surface area contributed by atoms with Gasteiger partial charge in [-0.05, 0) is 30.7 Å². The third-order valence-electron chi connectivity index (χ3n) is 3.77. The van der Waals surface area contributed by atoms with Gasteiger partial charge in [0.05, 0.1) is 0 Å². The smallest absolute Gasteiger partial charge is 0.231 e. The minimum atomic E-state index is 0.228. The molecule has 25 heavy (non-hydrogen) atoms. The first-order chi connectivity index (χ1) is 12.2. The molecule has 0 amide bonds. The van der Waals surface area contributed by atoms with E-state index in [0.29, 0.717) is 34.6 Å².